The van der Waals surface area contributed by atoms with Crippen molar-refractivity contribution in [2.45, 2.75) is 12.8 Å². The van der Waals surface area contributed by atoms with Gasteiger partial charge < -0.3 is 10.4 Å². The number of amides is 1. The molecule has 3 N–H and O–H groups in total. The maximum Gasteiger partial charge on any atom is 0.262 e. The fraction of sp³-hybridized carbons (Fsp3) is 0.308. The van der Waals surface area contributed by atoms with Gasteiger partial charge in [0.25, 0.3) is 5.91 Å². The van der Waals surface area contributed by atoms with E-state index in [0.29, 0.717) is 29.8 Å². The summed E-state index contributed by atoms with van der Waals surface area (Å²) in [6, 6.07) is 1.81. The summed E-state index contributed by atoms with van der Waals surface area (Å²) in [5, 5.41) is 19.8. The Bertz CT molecular complexity index is 610. The van der Waals surface area contributed by atoms with Gasteiger partial charge in [-0.25, -0.2) is 4.98 Å². The fourth-order valence-corrected chi connectivity index (χ4v) is 2.29. The molecule has 0 saturated heterocycles. The number of rotatable bonds is 5. The topological polar surface area (TPSA) is 90.9 Å². The Morgan fingerprint density at radius 1 is 1.55 bits per heavy atom. The quantitative estimate of drug-likeness (QED) is 0.702. The fourth-order valence-electron chi connectivity index (χ4n) is 1.52. The van der Waals surface area contributed by atoms with E-state index in [2.05, 4.69) is 32.3 Å². The SMILES string of the molecule is O=C(NCCc1ncn[nH]1)c1sccc1C#CCCO. The predicted octanol–water partition coefficient (Wildman–Crippen LogP) is 0.573. The van der Waals surface area contributed by atoms with Crippen LogP contribution in [0.15, 0.2) is 17.8 Å². The van der Waals surface area contributed by atoms with Crippen LogP contribution in [0, 0.1) is 11.8 Å². The van der Waals surface area contributed by atoms with Gasteiger partial charge in [0.15, 0.2) is 0 Å². The summed E-state index contributed by atoms with van der Waals surface area (Å²) in [5.41, 5.74) is 0.695. The van der Waals surface area contributed by atoms with Crippen molar-refractivity contribution >= 4 is 17.2 Å². The highest BCUT2D eigenvalue weighted by Gasteiger charge is 2.11. The summed E-state index contributed by atoms with van der Waals surface area (Å²) in [4.78, 5) is 16.6. The minimum atomic E-state index is -0.146. The predicted molar refractivity (Wildman–Crippen MR) is 75.3 cm³/mol. The molecule has 0 saturated carbocycles. The zero-order valence-corrected chi connectivity index (χ0v) is 11.5. The third-order valence-corrected chi connectivity index (χ3v) is 3.36. The molecule has 0 unspecified atom stereocenters. The number of carbonyl (C=O) groups excluding carboxylic acids is 1. The van der Waals surface area contributed by atoms with Crippen LogP contribution in [0.5, 0.6) is 0 Å². The summed E-state index contributed by atoms with van der Waals surface area (Å²) in [7, 11) is 0. The smallest absolute Gasteiger partial charge is 0.262 e. The highest BCUT2D eigenvalue weighted by molar-refractivity contribution is 7.12. The lowest BCUT2D eigenvalue weighted by Gasteiger charge is -2.02. The maximum absolute atomic E-state index is 12.0. The van der Waals surface area contributed by atoms with Crippen molar-refractivity contribution in [1.82, 2.24) is 20.5 Å². The van der Waals surface area contributed by atoms with Gasteiger partial charge >= 0.3 is 0 Å². The summed E-state index contributed by atoms with van der Waals surface area (Å²) >= 11 is 1.35. The Hall–Kier alpha value is -2.17. The van der Waals surface area contributed by atoms with E-state index in [-0.39, 0.29) is 12.5 Å². The first kappa shape index (κ1) is 14.2. The summed E-state index contributed by atoms with van der Waals surface area (Å²) in [5.74, 6) is 6.29. The van der Waals surface area contributed by atoms with Crippen molar-refractivity contribution < 1.29 is 9.90 Å². The van der Waals surface area contributed by atoms with Crippen molar-refractivity contribution in [3.63, 3.8) is 0 Å². The number of aromatic amines is 1. The van der Waals surface area contributed by atoms with E-state index >= 15 is 0 Å². The van der Waals surface area contributed by atoms with E-state index < -0.39 is 0 Å². The first-order chi connectivity index (χ1) is 9.81. The Labute approximate surface area is 120 Å². The molecule has 0 radical (unpaired) electrons. The van der Waals surface area contributed by atoms with Gasteiger partial charge in [-0.15, -0.1) is 11.3 Å². The summed E-state index contributed by atoms with van der Waals surface area (Å²) < 4.78 is 0. The average molecular weight is 290 g/mol. The van der Waals surface area contributed by atoms with Gasteiger partial charge in [0, 0.05) is 24.9 Å². The highest BCUT2D eigenvalue weighted by atomic mass is 32.1. The number of nitrogens with zero attached hydrogens (tertiary/aromatic N) is 2. The summed E-state index contributed by atoms with van der Waals surface area (Å²) in [6.45, 7) is 0.505. The minimum absolute atomic E-state index is 0.0237. The molecule has 0 atom stereocenters. The molecule has 0 aliphatic carbocycles. The number of hydrogen-bond donors (Lipinski definition) is 3. The lowest BCUT2D eigenvalue weighted by molar-refractivity contribution is 0.0958. The highest BCUT2D eigenvalue weighted by Crippen LogP contribution is 2.15. The Balaban J connectivity index is 1.89. The lowest BCUT2D eigenvalue weighted by atomic mass is 10.2. The molecule has 7 heteroatoms. The Morgan fingerprint density at radius 2 is 2.45 bits per heavy atom. The summed E-state index contributed by atoms with van der Waals surface area (Å²) in [6.07, 6.45) is 2.44. The molecule has 6 nitrogen and oxygen atoms in total. The number of thiophene rings is 1. The van der Waals surface area contributed by atoms with Crippen molar-refractivity contribution in [3.8, 4) is 11.8 Å². The van der Waals surface area contributed by atoms with E-state index in [1.807, 2.05) is 5.38 Å². The normalized spacial score (nSPS) is 9.85. The van der Waals surface area contributed by atoms with Crippen LogP contribution in [0.2, 0.25) is 0 Å². The van der Waals surface area contributed by atoms with Gasteiger partial charge in [-0.3, -0.25) is 9.89 Å². The molecule has 0 aliphatic rings. The molecule has 20 heavy (non-hydrogen) atoms. The van der Waals surface area contributed by atoms with Gasteiger partial charge in [-0.05, 0) is 11.4 Å². The van der Waals surface area contributed by atoms with E-state index in [4.69, 9.17) is 5.11 Å². The zero-order chi connectivity index (χ0) is 14.2. The van der Waals surface area contributed by atoms with Gasteiger partial charge in [0.2, 0.25) is 0 Å². The largest absolute Gasteiger partial charge is 0.395 e. The number of hydrogen-bond acceptors (Lipinski definition) is 5. The standard InChI is InChI=1S/C13H14N4O2S/c18-7-2-1-3-10-5-8-20-12(10)13(19)14-6-4-11-15-9-16-17-11/h5,8-9,18H,2,4,6-7H2,(H,14,19)(H,15,16,17). The molecule has 1 amide bonds. The van der Waals surface area contributed by atoms with Crippen LogP contribution in [0.4, 0.5) is 0 Å². The van der Waals surface area contributed by atoms with Crippen molar-refractivity contribution in [2.75, 3.05) is 13.2 Å². The molecule has 2 heterocycles. The number of aromatic nitrogens is 3. The number of H-pyrrole nitrogens is 1. The molecule has 0 fully saturated rings. The van der Waals surface area contributed by atoms with Crippen LogP contribution in [-0.2, 0) is 6.42 Å². The number of aliphatic hydroxyl groups excluding tert-OH is 1. The van der Waals surface area contributed by atoms with E-state index in [1.54, 1.807) is 6.07 Å². The third-order valence-electron chi connectivity index (χ3n) is 2.44. The number of aliphatic hydroxyl groups is 1. The Morgan fingerprint density at radius 3 is 3.20 bits per heavy atom. The first-order valence-corrected chi connectivity index (χ1v) is 6.99. The van der Waals surface area contributed by atoms with Crippen LogP contribution in [0.25, 0.3) is 0 Å². The van der Waals surface area contributed by atoms with Crippen LogP contribution in [0.1, 0.15) is 27.5 Å². The van der Waals surface area contributed by atoms with Crippen molar-refractivity contribution in [1.29, 1.82) is 0 Å². The van der Waals surface area contributed by atoms with Crippen LogP contribution in [-0.4, -0.2) is 39.3 Å². The van der Waals surface area contributed by atoms with Gasteiger partial charge in [0.1, 0.15) is 17.0 Å². The van der Waals surface area contributed by atoms with Crippen LogP contribution >= 0.6 is 11.3 Å². The van der Waals surface area contributed by atoms with Crippen LogP contribution in [0.3, 0.4) is 0 Å². The molecule has 0 spiro atoms. The molecule has 2 aromatic rings. The minimum Gasteiger partial charge on any atom is -0.395 e. The van der Waals surface area contributed by atoms with Gasteiger partial charge in [0.05, 0.1) is 6.61 Å². The Kier molecular flexibility index (Phi) is 5.29. The van der Waals surface area contributed by atoms with Crippen molar-refractivity contribution in [3.05, 3.63) is 34.0 Å². The molecule has 2 aromatic heterocycles. The van der Waals surface area contributed by atoms with Crippen molar-refractivity contribution in [2.24, 2.45) is 0 Å². The molecule has 0 aromatic carbocycles. The molecular formula is C13H14N4O2S. The second-order valence-corrected chi connectivity index (χ2v) is 4.79. The van der Waals surface area contributed by atoms with Gasteiger partial charge in [-0.2, -0.15) is 5.10 Å². The number of carbonyl (C=O) groups is 1. The molecule has 0 bridgehead atoms. The monoisotopic (exact) mass is 290 g/mol. The average Bonchev–Trinajstić information content (AvgIpc) is 3.10. The second-order valence-electron chi connectivity index (χ2n) is 3.88. The molecule has 104 valence electrons. The van der Waals surface area contributed by atoms with Crippen LogP contribution < -0.4 is 5.32 Å². The third kappa shape index (κ3) is 3.91. The molecule has 2 rings (SSSR count). The van der Waals surface area contributed by atoms with E-state index in [1.165, 1.54) is 17.7 Å². The van der Waals surface area contributed by atoms with E-state index in [0.717, 1.165) is 5.82 Å². The zero-order valence-electron chi connectivity index (χ0n) is 10.7. The maximum atomic E-state index is 12.0. The number of nitrogens with one attached hydrogen (secondary N) is 2. The lowest BCUT2D eigenvalue weighted by Crippen LogP contribution is -2.25. The second kappa shape index (κ2) is 7.43. The van der Waals surface area contributed by atoms with E-state index in [9.17, 15) is 4.79 Å². The van der Waals surface area contributed by atoms with Gasteiger partial charge in [-0.1, -0.05) is 11.8 Å². The first-order valence-electron chi connectivity index (χ1n) is 6.11. The molecule has 0 aliphatic heterocycles. The molecular weight excluding hydrogens is 276 g/mol.